The zero-order valence-corrected chi connectivity index (χ0v) is 15.8. The van der Waals surface area contributed by atoms with E-state index in [9.17, 15) is 4.79 Å². The van der Waals surface area contributed by atoms with Gasteiger partial charge in [-0.3, -0.25) is 4.90 Å². The summed E-state index contributed by atoms with van der Waals surface area (Å²) in [5.74, 6) is 0.412. The van der Waals surface area contributed by atoms with Crippen molar-refractivity contribution in [3.05, 3.63) is 35.4 Å². The standard InChI is InChI=1S/C20H32N2O2/c1-6-15(2)18(21-19(23)24-20(3,4)5)14-22-12-11-16-9-7-8-10-17(16)13-22/h7-10,15,18H,6,11-14H2,1-5H3,(H,21,23)/t15-,18+/m0/s1. The topological polar surface area (TPSA) is 41.6 Å². The highest BCUT2D eigenvalue weighted by Gasteiger charge is 2.26. The van der Waals surface area contributed by atoms with Crippen LogP contribution in [-0.2, 0) is 17.7 Å². The second-order valence-corrected chi connectivity index (χ2v) is 7.89. The zero-order chi connectivity index (χ0) is 17.7. The number of fused-ring (bicyclic) bond motifs is 1. The summed E-state index contributed by atoms with van der Waals surface area (Å²) in [5.41, 5.74) is 2.39. The molecule has 134 valence electrons. The fraction of sp³-hybridized carbons (Fsp3) is 0.650. The summed E-state index contributed by atoms with van der Waals surface area (Å²) >= 11 is 0. The SMILES string of the molecule is CC[C@H](C)[C@@H](CN1CCc2ccccc2C1)NC(=O)OC(C)(C)C. The first-order chi connectivity index (χ1) is 11.3. The molecule has 1 amide bonds. The van der Waals surface area contributed by atoms with Crippen molar-refractivity contribution < 1.29 is 9.53 Å². The van der Waals surface area contributed by atoms with Crippen LogP contribution in [0.2, 0.25) is 0 Å². The van der Waals surface area contributed by atoms with Gasteiger partial charge in [-0.15, -0.1) is 0 Å². The van der Waals surface area contributed by atoms with E-state index in [1.807, 2.05) is 20.8 Å². The first kappa shape index (κ1) is 18.8. The molecule has 0 bridgehead atoms. The number of benzene rings is 1. The molecule has 1 N–H and O–H groups in total. The molecule has 4 nitrogen and oxygen atoms in total. The Balaban J connectivity index is 1.98. The van der Waals surface area contributed by atoms with Crippen molar-refractivity contribution in [2.75, 3.05) is 13.1 Å². The molecule has 1 aromatic carbocycles. The van der Waals surface area contributed by atoms with Gasteiger partial charge in [0.1, 0.15) is 5.60 Å². The maximum Gasteiger partial charge on any atom is 0.407 e. The predicted octanol–water partition coefficient (Wildman–Crippen LogP) is 3.98. The maximum atomic E-state index is 12.2. The summed E-state index contributed by atoms with van der Waals surface area (Å²) in [6.07, 6.45) is 1.80. The molecule has 0 aromatic heterocycles. The minimum atomic E-state index is -0.464. The van der Waals surface area contributed by atoms with Gasteiger partial charge < -0.3 is 10.1 Å². The molecule has 0 aliphatic carbocycles. The highest BCUT2D eigenvalue weighted by molar-refractivity contribution is 5.68. The molecule has 4 heteroatoms. The molecular weight excluding hydrogens is 300 g/mol. The Bertz CT molecular complexity index is 551. The molecule has 0 spiro atoms. The van der Waals surface area contributed by atoms with Crippen molar-refractivity contribution in [3.8, 4) is 0 Å². The number of hydrogen-bond donors (Lipinski definition) is 1. The number of nitrogens with one attached hydrogen (secondary N) is 1. The fourth-order valence-corrected chi connectivity index (χ4v) is 3.10. The van der Waals surface area contributed by atoms with E-state index >= 15 is 0 Å². The van der Waals surface area contributed by atoms with Gasteiger partial charge in [-0.25, -0.2) is 4.79 Å². The second-order valence-electron chi connectivity index (χ2n) is 7.89. The molecule has 0 saturated carbocycles. The highest BCUT2D eigenvalue weighted by atomic mass is 16.6. The molecule has 1 aliphatic rings. The lowest BCUT2D eigenvalue weighted by molar-refractivity contribution is 0.0466. The summed E-state index contributed by atoms with van der Waals surface area (Å²) in [5, 5.41) is 3.09. The third-order valence-corrected chi connectivity index (χ3v) is 4.70. The number of ether oxygens (including phenoxy) is 1. The lowest BCUT2D eigenvalue weighted by Gasteiger charge is -2.34. The third kappa shape index (κ3) is 5.52. The van der Waals surface area contributed by atoms with E-state index < -0.39 is 5.60 Å². The minimum Gasteiger partial charge on any atom is -0.444 e. The van der Waals surface area contributed by atoms with Gasteiger partial charge in [0.05, 0.1) is 0 Å². The normalized spacial score (nSPS) is 17.7. The van der Waals surface area contributed by atoms with Crippen LogP contribution in [-0.4, -0.2) is 35.7 Å². The highest BCUT2D eigenvalue weighted by Crippen LogP contribution is 2.20. The van der Waals surface area contributed by atoms with E-state index in [4.69, 9.17) is 4.74 Å². The van der Waals surface area contributed by atoms with E-state index in [0.29, 0.717) is 5.92 Å². The molecule has 0 saturated heterocycles. The van der Waals surface area contributed by atoms with Crippen LogP contribution in [0.4, 0.5) is 4.79 Å². The van der Waals surface area contributed by atoms with Crippen molar-refractivity contribution in [1.29, 1.82) is 0 Å². The van der Waals surface area contributed by atoms with Gasteiger partial charge >= 0.3 is 6.09 Å². The minimum absolute atomic E-state index is 0.107. The van der Waals surface area contributed by atoms with Gasteiger partial charge in [0.15, 0.2) is 0 Å². The Labute approximate surface area is 146 Å². The molecular formula is C20H32N2O2. The Kier molecular flexibility index (Phi) is 6.27. The van der Waals surface area contributed by atoms with E-state index in [2.05, 4.69) is 48.3 Å². The predicted molar refractivity (Wildman–Crippen MR) is 98.0 cm³/mol. The molecule has 2 rings (SSSR count). The Morgan fingerprint density at radius 2 is 1.96 bits per heavy atom. The van der Waals surface area contributed by atoms with Crippen molar-refractivity contribution in [1.82, 2.24) is 10.2 Å². The Hall–Kier alpha value is -1.55. The van der Waals surface area contributed by atoms with Gasteiger partial charge in [-0.05, 0) is 44.2 Å². The first-order valence-electron chi connectivity index (χ1n) is 9.07. The largest absolute Gasteiger partial charge is 0.444 e. The Morgan fingerprint density at radius 1 is 1.29 bits per heavy atom. The third-order valence-electron chi connectivity index (χ3n) is 4.70. The van der Waals surface area contributed by atoms with E-state index in [-0.39, 0.29) is 12.1 Å². The number of rotatable bonds is 5. The number of alkyl carbamates (subject to hydrolysis) is 1. The molecule has 2 atom stereocenters. The van der Waals surface area contributed by atoms with E-state index in [0.717, 1.165) is 32.5 Å². The van der Waals surface area contributed by atoms with Crippen LogP contribution in [0.3, 0.4) is 0 Å². The van der Waals surface area contributed by atoms with Crippen LogP contribution < -0.4 is 5.32 Å². The van der Waals surface area contributed by atoms with Gasteiger partial charge in [-0.1, -0.05) is 44.5 Å². The second kappa shape index (κ2) is 8.02. The van der Waals surface area contributed by atoms with E-state index in [1.54, 1.807) is 0 Å². The summed E-state index contributed by atoms with van der Waals surface area (Å²) in [6.45, 7) is 12.9. The number of carbonyl (C=O) groups is 1. The van der Waals surface area contributed by atoms with Gasteiger partial charge in [0.2, 0.25) is 0 Å². The van der Waals surface area contributed by atoms with Crippen molar-refractivity contribution in [2.24, 2.45) is 5.92 Å². The van der Waals surface area contributed by atoms with Gasteiger partial charge in [0, 0.05) is 25.7 Å². The van der Waals surface area contributed by atoms with Crippen molar-refractivity contribution in [3.63, 3.8) is 0 Å². The molecule has 0 radical (unpaired) electrons. The lowest BCUT2D eigenvalue weighted by atomic mass is 9.96. The average Bonchev–Trinajstić information content (AvgIpc) is 2.51. The Morgan fingerprint density at radius 3 is 2.58 bits per heavy atom. The number of hydrogen-bond acceptors (Lipinski definition) is 3. The van der Waals surface area contributed by atoms with Crippen molar-refractivity contribution >= 4 is 6.09 Å². The molecule has 0 fully saturated rings. The number of amides is 1. The van der Waals surface area contributed by atoms with Crippen LogP contribution in [0, 0.1) is 5.92 Å². The first-order valence-corrected chi connectivity index (χ1v) is 9.07. The van der Waals surface area contributed by atoms with Crippen LogP contribution >= 0.6 is 0 Å². The lowest BCUT2D eigenvalue weighted by Crippen LogP contribution is -2.49. The van der Waals surface area contributed by atoms with Crippen molar-refractivity contribution in [2.45, 2.75) is 65.6 Å². The van der Waals surface area contributed by atoms with Crippen LogP contribution in [0.25, 0.3) is 0 Å². The fourth-order valence-electron chi connectivity index (χ4n) is 3.10. The van der Waals surface area contributed by atoms with Gasteiger partial charge in [-0.2, -0.15) is 0 Å². The smallest absolute Gasteiger partial charge is 0.407 e. The van der Waals surface area contributed by atoms with Crippen LogP contribution in [0.1, 0.15) is 52.2 Å². The average molecular weight is 332 g/mol. The van der Waals surface area contributed by atoms with Crippen LogP contribution in [0.15, 0.2) is 24.3 Å². The monoisotopic (exact) mass is 332 g/mol. The number of carbonyl (C=O) groups excluding carboxylic acids is 1. The molecule has 1 aromatic rings. The molecule has 1 heterocycles. The molecule has 1 aliphatic heterocycles. The van der Waals surface area contributed by atoms with E-state index in [1.165, 1.54) is 11.1 Å². The summed E-state index contributed by atoms with van der Waals surface area (Å²) in [6, 6.07) is 8.75. The van der Waals surface area contributed by atoms with Gasteiger partial charge in [0.25, 0.3) is 0 Å². The summed E-state index contributed by atoms with van der Waals surface area (Å²) < 4.78 is 5.44. The summed E-state index contributed by atoms with van der Waals surface area (Å²) in [7, 11) is 0. The maximum absolute atomic E-state index is 12.2. The molecule has 24 heavy (non-hydrogen) atoms. The quantitative estimate of drug-likeness (QED) is 0.886. The number of nitrogens with zero attached hydrogens (tertiary/aromatic N) is 1. The molecule has 0 unspecified atom stereocenters. The van der Waals surface area contributed by atoms with Crippen LogP contribution in [0.5, 0.6) is 0 Å². The zero-order valence-electron chi connectivity index (χ0n) is 15.8. The summed E-state index contributed by atoms with van der Waals surface area (Å²) in [4.78, 5) is 14.6.